The Morgan fingerprint density at radius 3 is 2.88 bits per heavy atom. The van der Waals surface area contributed by atoms with Gasteiger partial charge in [0.25, 0.3) is 0 Å². The van der Waals surface area contributed by atoms with Crippen molar-refractivity contribution in [2.24, 2.45) is 0 Å². The van der Waals surface area contributed by atoms with Gasteiger partial charge >= 0.3 is 0 Å². The fourth-order valence-corrected chi connectivity index (χ4v) is 3.77. The van der Waals surface area contributed by atoms with Gasteiger partial charge in [-0.1, -0.05) is 12.5 Å². The molecule has 4 nitrogen and oxygen atoms in total. The van der Waals surface area contributed by atoms with E-state index < -0.39 is 0 Å². The van der Waals surface area contributed by atoms with E-state index in [-0.39, 0.29) is 23.7 Å². The van der Waals surface area contributed by atoms with Crippen LogP contribution in [0.5, 0.6) is 0 Å². The normalized spacial score (nSPS) is 21.4. The van der Waals surface area contributed by atoms with Crippen molar-refractivity contribution >= 4 is 11.8 Å². The first kappa shape index (κ1) is 16.9. The van der Waals surface area contributed by atoms with E-state index in [1.165, 1.54) is 12.1 Å². The van der Waals surface area contributed by atoms with Crippen molar-refractivity contribution in [3.8, 4) is 0 Å². The Kier molecular flexibility index (Phi) is 5.17. The van der Waals surface area contributed by atoms with Crippen LogP contribution in [0, 0.1) is 5.82 Å². The van der Waals surface area contributed by atoms with Gasteiger partial charge in [0.05, 0.1) is 6.04 Å². The van der Waals surface area contributed by atoms with Gasteiger partial charge in [-0.05, 0) is 49.4 Å². The maximum absolute atomic E-state index is 13.5. The molecule has 0 aliphatic carbocycles. The van der Waals surface area contributed by atoms with Crippen LogP contribution in [-0.2, 0) is 16.0 Å². The van der Waals surface area contributed by atoms with Crippen LogP contribution in [0.1, 0.15) is 56.2 Å². The summed E-state index contributed by atoms with van der Waals surface area (Å²) in [6.07, 6.45) is 4.76. The van der Waals surface area contributed by atoms with Gasteiger partial charge in [0, 0.05) is 32.5 Å². The molecule has 1 fully saturated rings. The summed E-state index contributed by atoms with van der Waals surface area (Å²) in [6, 6.07) is 4.72. The van der Waals surface area contributed by atoms with E-state index in [9.17, 15) is 14.0 Å². The third kappa shape index (κ3) is 3.60. The zero-order valence-electron chi connectivity index (χ0n) is 14.3. The lowest BCUT2D eigenvalue weighted by Crippen LogP contribution is -2.41. The van der Waals surface area contributed by atoms with E-state index in [2.05, 4.69) is 0 Å². The number of hydrogen-bond donors (Lipinski definition) is 0. The van der Waals surface area contributed by atoms with Crippen molar-refractivity contribution in [3.05, 3.63) is 35.1 Å². The standard InChI is InChI=1S/C19H25FN2O2/c1-14-17-13-16(20)7-6-15(17)8-12-22(14)19(24)9-11-21-10-4-2-3-5-18(21)23/h6-7,13-14H,2-5,8-12H2,1H3/t14-/m1/s1. The number of benzene rings is 1. The second-order valence-electron chi connectivity index (χ2n) is 6.80. The summed E-state index contributed by atoms with van der Waals surface area (Å²) < 4.78 is 13.5. The molecule has 2 heterocycles. The number of nitrogens with zero attached hydrogens (tertiary/aromatic N) is 2. The van der Waals surface area contributed by atoms with Crippen LogP contribution in [0.3, 0.4) is 0 Å². The molecule has 1 aromatic carbocycles. The van der Waals surface area contributed by atoms with Crippen LogP contribution in [0.25, 0.3) is 0 Å². The largest absolute Gasteiger partial charge is 0.342 e. The highest BCUT2D eigenvalue weighted by molar-refractivity contribution is 5.79. The lowest BCUT2D eigenvalue weighted by molar-refractivity contribution is -0.135. The Labute approximate surface area is 142 Å². The highest BCUT2D eigenvalue weighted by Gasteiger charge is 2.28. The molecule has 0 saturated carbocycles. The van der Waals surface area contributed by atoms with Gasteiger partial charge in [0.1, 0.15) is 5.82 Å². The molecule has 0 bridgehead atoms. The summed E-state index contributed by atoms with van der Waals surface area (Å²) in [6.45, 7) is 3.87. The lowest BCUT2D eigenvalue weighted by Gasteiger charge is -2.36. The topological polar surface area (TPSA) is 40.6 Å². The fourth-order valence-electron chi connectivity index (χ4n) is 3.77. The van der Waals surface area contributed by atoms with Crippen molar-refractivity contribution < 1.29 is 14.0 Å². The lowest BCUT2D eigenvalue weighted by atomic mass is 9.93. The molecule has 24 heavy (non-hydrogen) atoms. The zero-order chi connectivity index (χ0) is 17.1. The fraction of sp³-hybridized carbons (Fsp3) is 0.579. The highest BCUT2D eigenvalue weighted by Crippen LogP contribution is 2.30. The number of amides is 2. The van der Waals surface area contributed by atoms with Gasteiger partial charge in [-0.25, -0.2) is 4.39 Å². The monoisotopic (exact) mass is 332 g/mol. The first-order valence-corrected chi connectivity index (χ1v) is 8.92. The number of likely N-dealkylation sites (tertiary alicyclic amines) is 1. The van der Waals surface area contributed by atoms with Crippen molar-refractivity contribution in [1.29, 1.82) is 0 Å². The molecule has 1 atom stereocenters. The molecule has 0 spiro atoms. The summed E-state index contributed by atoms with van der Waals surface area (Å²) in [5.74, 6) is -0.0427. The SMILES string of the molecule is C[C@@H]1c2cc(F)ccc2CCN1C(=O)CCN1CCCCCC1=O. The van der Waals surface area contributed by atoms with Crippen molar-refractivity contribution in [1.82, 2.24) is 9.80 Å². The molecule has 2 aliphatic rings. The quantitative estimate of drug-likeness (QED) is 0.853. The Hall–Kier alpha value is -1.91. The van der Waals surface area contributed by atoms with Crippen LogP contribution in [0.15, 0.2) is 18.2 Å². The van der Waals surface area contributed by atoms with E-state index in [1.54, 1.807) is 0 Å². The summed E-state index contributed by atoms with van der Waals surface area (Å²) in [4.78, 5) is 28.3. The second kappa shape index (κ2) is 7.32. The first-order chi connectivity index (χ1) is 11.6. The summed E-state index contributed by atoms with van der Waals surface area (Å²) in [5, 5.41) is 0. The number of hydrogen-bond acceptors (Lipinski definition) is 2. The van der Waals surface area contributed by atoms with E-state index >= 15 is 0 Å². The van der Waals surface area contributed by atoms with E-state index in [1.807, 2.05) is 22.8 Å². The van der Waals surface area contributed by atoms with E-state index in [0.29, 0.717) is 25.9 Å². The minimum Gasteiger partial charge on any atom is -0.342 e. The van der Waals surface area contributed by atoms with Gasteiger partial charge in [-0.3, -0.25) is 9.59 Å². The summed E-state index contributed by atoms with van der Waals surface area (Å²) in [5.41, 5.74) is 2.02. The minimum atomic E-state index is -0.259. The molecular formula is C19H25FN2O2. The number of carbonyl (C=O) groups is 2. The molecule has 5 heteroatoms. The average Bonchev–Trinajstić information content (AvgIpc) is 2.78. The maximum atomic E-state index is 13.5. The van der Waals surface area contributed by atoms with Gasteiger partial charge in [0.15, 0.2) is 0 Å². The zero-order valence-corrected chi connectivity index (χ0v) is 14.3. The third-order valence-electron chi connectivity index (χ3n) is 5.23. The van der Waals surface area contributed by atoms with Crippen molar-refractivity contribution in [2.45, 2.75) is 51.5 Å². The van der Waals surface area contributed by atoms with E-state index in [0.717, 1.165) is 43.4 Å². The molecule has 0 N–H and O–H groups in total. The van der Waals surface area contributed by atoms with Gasteiger partial charge in [-0.2, -0.15) is 0 Å². The van der Waals surface area contributed by atoms with Crippen LogP contribution in [-0.4, -0.2) is 41.2 Å². The minimum absolute atomic E-state index is 0.0504. The molecular weight excluding hydrogens is 307 g/mol. The molecule has 1 saturated heterocycles. The van der Waals surface area contributed by atoms with Gasteiger partial charge in [0.2, 0.25) is 11.8 Å². The van der Waals surface area contributed by atoms with Crippen LogP contribution < -0.4 is 0 Å². The maximum Gasteiger partial charge on any atom is 0.224 e. The Bertz CT molecular complexity index is 632. The number of halogens is 1. The van der Waals surface area contributed by atoms with Crippen LogP contribution in [0.2, 0.25) is 0 Å². The first-order valence-electron chi connectivity index (χ1n) is 8.92. The van der Waals surface area contributed by atoms with Crippen LogP contribution >= 0.6 is 0 Å². The third-order valence-corrected chi connectivity index (χ3v) is 5.23. The molecule has 0 radical (unpaired) electrons. The molecule has 0 aromatic heterocycles. The Morgan fingerprint density at radius 1 is 1.21 bits per heavy atom. The second-order valence-corrected chi connectivity index (χ2v) is 6.80. The number of fused-ring (bicyclic) bond motifs is 1. The molecule has 1 aromatic rings. The Balaban J connectivity index is 1.62. The van der Waals surface area contributed by atoms with Gasteiger partial charge in [-0.15, -0.1) is 0 Å². The summed E-state index contributed by atoms with van der Waals surface area (Å²) in [7, 11) is 0. The number of carbonyl (C=O) groups excluding carboxylic acids is 2. The number of rotatable bonds is 3. The van der Waals surface area contributed by atoms with E-state index in [4.69, 9.17) is 0 Å². The van der Waals surface area contributed by atoms with Gasteiger partial charge < -0.3 is 9.80 Å². The molecule has 3 rings (SSSR count). The van der Waals surface area contributed by atoms with Crippen molar-refractivity contribution in [3.63, 3.8) is 0 Å². The highest BCUT2D eigenvalue weighted by atomic mass is 19.1. The van der Waals surface area contributed by atoms with Crippen molar-refractivity contribution in [2.75, 3.05) is 19.6 Å². The average molecular weight is 332 g/mol. The molecule has 2 aliphatic heterocycles. The molecule has 130 valence electrons. The Morgan fingerprint density at radius 2 is 2.04 bits per heavy atom. The smallest absolute Gasteiger partial charge is 0.224 e. The predicted molar refractivity (Wildman–Crippen MR) is 89.9 cm³/mol. The molecule has 0 unspecified atom stereocenters. The summed E-state index contributed by atoms with van der Waals surface area (Å²) >= 11 is 0. The molecule has 2 amide bonds. The predicted octanol–water partition coefficient (Wildman–Crippen LogP) is 3.06. The van der Waals surface area contributed by atoms with Crippen LogP contribution in [0.4, 0.5) is 4.39 Å².